The van der Waals surface area contributed by atoms with E-state index in [1.807, 2.05) is 11.6 Å². The van der Waals surface area contributed by atoms with Gasteiger partial charge in [0.15, 0.2) is 0 Å². The fraction of sp³-hybridized carbons (Fsp3) is 0.333. The summed E-state index contributed by atoms with van der Waals surface area (Å²) < 4.78 is 28.7. The zero-order chi connectivity index (χ0) is 20.4. The second-order valence-corrected chi connectivity index (χ2v) is 7.38. The van der Waals surface area contributed by atoms with Crippen molar-refractivity contribution in [1.82, 2.24) is 24.4 Å². The van der Waals surface area contributed by atoms with Crippen LogP contribution >= 0.6 is 0 Å². The van der Waals surface area contributed by atoms with E-state index in [1.165, 1.54) is 0 Å². The molecule has 1 aromatic carbocycles. The van der Waals surface area contributed by atoms with Crippen LogP contribution in [0.1, 0.15) is 28.9 Å². The topological polar surface area (TPSA) is 63.9 Å². The molecule has 3 heterocycles. The number of aromatic nitrogens is 4. The molecule has 8 heteroatoms. The molecule has 0 radical (unpaired) electrons. The van der Waals surface area contributed by atoms with Crippen LogP contribution in [0.5, 0.6) is 0 Å². The van der Waals surface area contributed by atoms with Gasteiger partial charge in [0.2, 0.25) is 0 Å². The first kappa shape index (κ1) is 19.2. The summed E-state index contributed by atoms with van der Waals surface area (Å²) in [5, 5.41) is 0. The molecule has 2 aromatic heterocycles. The van der Waals surface area contributed by atoms with Crippen molar-refractivity contribution in [2.24, 2.45) is 13.0 Å². The number of halogens is 2. The Morgan fingerprint density at radius 3 is 2.45 bits per heavy atom. The molecule has 29 heavy (non-hydrogen) atoms. The number of likely N-dealkylation sites (tertiary alicyclic amines) is 1. The minimum Gasteiger partial charge on any atom is -0.339 e. The molecule has 6 nitrogen and oxygen atoms in total. The van der Waals surface area contributed by atoms with Gasteiger partial charge in [-0.05, 0) is 37.3 Å². The predicted molar refractivity (Wildman–Crippen MR) is 103 cm³/mol. The molecule has 150 valence electrons. The third-order valence-corrected chi connectivity index (χ3v) is 5.27. The van der Waals surface area contributed by atoms with Crippen molar-refractivity contribution in [3.05, 3.63) is 66.0 Å². The van der Waals surface area contributed by atoms with E-state index < -0.39 is 11.6 Å². The van der Waals surface area contributed by atoms with Gasteiger partial charge in [-0.1, -0.05) is 0 Å². The van der Waals surface area contributed by atoms with Crippen molar-refractivity contribution < 1.29 is 13.6 Å². The van der Waals surface area contributed by atoms with Crippen LogP contribution in [0.3, 0.4) is 0 Å². The van der Waals surface area contributed by atoms with Crippen molar-refractivity contribution in [1.29, 1.82) is 0 Å². The molecule has 0 N–H and O–H groups in total. The first-order chi connectivity index (χ1) is 14.0. The van der Waals surface area contributed by atoms with Crippen molar-refractivity contribution in [2.75, 3.05) is 13.1 Å². The van der Waals surface area contributed by atoms with E-state index in [1.54, 1.807) is 29.8 Å². The fourth-order valence-electron chi connectivity index (χ4n) is 3.73. The Balaban J connectivity index is 1.38. The number of hydrogen-bond acceptors (Lipinski definition) is 4. The normalized spacial score (nSPS) is 14.9. The van der Waals surface area contributed by atoms with Crippen molar-refractivity contribution >= 4 is 5.91 Å². The number of nitrogens with zero attached hydrogens (tertiary/aromatic N) is 5. The number of hydrogen-bond donors (Lipinski definition) is 0. The van der Waals surface area contributed by atoms with Crippen LogP contribution in [0.4, 0.5) is 8.78 Å². The molecule has 1 fully saturated rings. The summed E-state index contributed by atoms with van der Waals surface area (Å²) in [5.74, 6) is -1.44. The summed E-state index contributed by atoms with van der Waals surface area (Å²) in [6.07, 6.45) is 9.36. The maximum Gasteiger partial charge on any atom is 0.254 e. The highest BCUT2D eigenvalue weighted by Gasteiger charge is 2.25. The summed E-state index contributed by atoms with van der Waals surface area (Å²) in [7, 11) is 1.91. The van der Waals surface area contributed by atoms with Gasteiger partial charge in [-0.25, -0.2) is 18.7 Å². The average Bonchev–Trinajstić information content (AvgIpc) is 3.13. The van der Waals surface area contributed by atoms with E-state index in [0.29, 0.717) is 19.0 Å². The lowest BCUT2D eigenvalue weighted by Gasteiger charge is -2.32. The summed E-state index contributed by atoms with van der Waals surface area (Å²) in [6.45, 7) is 1.10. The lowest BCUT2D eigenvalue weighted by molar-refractivity contribution is 0.0689. The molecule has 1 amide bonds. The first-order valence-electron chi connectivity index (χ1n) is 9.52. The Hall–Kier alpha value is -3.16. The van der Waals surface area contributed by atoms with Crippen molar-refractivity contribution in [3.8, 4) is 11.4 Å². The standard InChI is InChI=1S/C21H21F2N5O/c1-27-13-25-12-20(27)19-11-24-10-18(26-19)6-14-2-4-28(5-3-14)21(29)15-7-16(22)9-17(23)8-15/h7-14H,2-6H2,1H3. The number of carbonyl (C=O) groups excluding carboxylic acids is 1. The first-order valence-corrected chi connectivity index (χ1v) is 9.52. The van der Waals surface area contributed by atoms with Crippen molar-refractivity contribution in [3.63, 3.8) is 0 Å². The molecule has 1 aliphatic heterocycles. The zero-order valence-electron chi connectivity index (χ0n) is 16.1. The fourth-order valence-corrected chi connectivity index (χ4v) is 3.73. The monoisotopic (exact) mass is 397 g/mol. The van der Waals surface area contributed by atoms with E-state index >= 15 is 0 Å². The molecule has 0 atom stereocenters. The van der Waals surface area contributed by atoms with E-state index in [2.05, 4.69) is 9.97 Å². The van der Waals surface area contributed by atoms with Gasteiger partial charge >= 0.3 is 0 Å². The molecule has 0 saturated carbocycles. The average molecular weight is 397 g/mol. The van der Waals surface area contributed by atoms with E-state index in [0.717, 1.165) is 54.5 Å². The molecule has 0 spiro atoms. The number of amides is 1. The van der Waals surface area contributed by atoms with Gasteiger partial charge in [0.25, 0.3) is 5.91 Å². The predicted octanol–water partition coefficient (Wildman–Crippen LogP) is 3.25. The minimum absolute atomic E-state index is 0.0516. The number of rotatable bonds is 4. The van der Waals surface area contributed by atoms with Gasteiger partial charge in [0.05, 0.1) is 30.1 Å². The van der Waals surface area contributed by atoms with E-state index in [4.69, 9.17) is 4.98 Å². The molecule has 0 bridgehead atoms. The van der Waals surface area contributed by atoms with Crippen LogP contribution in [0.15, 0.2) is 43.1 Å². The molecule has 1 aliphatic rings. The molecule has 4 rings (SSSR count). The molecular formula is C21H21F2N5O. The van der Waals surface area contributed by atoms with Gasteiger partial charge in [0, 0.05) is 38.0 Å². The minimum atomic E-state index is -0.741. The second kappa shape index (κ2) is 8.06. The van der Waals surface area contributed by atoms with Gasteiger partial charge < -0.3 is 9.47 Å². The van der Waals surface area contributed by atoms with Crippen LogP contribution < -0.4 is 0 Å². The Bertz CT molecular complexity index is 1010. The largest absolute Gasteiger partial charge is 0.339 e. The number of benzene rings is 1. The number of aryl methyl sites for hydroxylation is 1. The Morgan fingerprint density at radius 1 is 1.07 bits per heavy atom. The smallest absolute Gasteiger partial charge is 0.254 e. The van der Waals surface area contributed by atoms with Gasteiger partial charge in [-0.3, -0.25) is 9.78 Å². The van der Waals surface area contributed by atoms with Crippen LogP contribution in [0.2, 0.25) is 0 Å². The Labute approximate surface area is 167 Å². The molecular weight excluding hydrogens is 376 g/mol. The third-order valence-electron chi connectivity index (χ3n) is 5.27. The van der Waals surface area contributed by atoms with Gasteiger partial charge in [-0.15, -0.1) is 0 Å². The summed E-state index contributed by atoms with van der Waals surface area (Å²) in [4.78, 5) is 27.3. The summed E-state index contributed by atoms with van der Waals surface area (Å²) in [5.41, 5.74) is 2.64. The molecule has 0 aliphatic carbocycles. The Morgan fingerprint density at radius 2 is 1.79 bits per heavy atom. The molecule has 0 unspecified atom stereocenters. The van der Waals surface area contributed by atoms with E-state index in [-0.39, 0.29) is 11.5 Å². The SMILES string of the molecule is Cn1cncc1-c1cncc(CC2CCN(C(=O)c3cc(F)cc(F)c3)CC2)n1. The van der Waals surface area contributed by atoms with Crippen LogP contribution in [0.25, 0.3) is 11.4 Å². The molecule has 1 saturated heterocycles. The van der Waals surface area contributed by atoms with Crippen molar-refractivity contribution in [2.45, 2.75) is 19.3 Å². The maximum atomic E-state index is 13.4. The summed E-state index contributed by atoms with van der Waals surface area (Å²) >= 11 is 0. The van der Waals surface area contributed by atoms with E-state index in [9.17, 15) is 13.6 Å². The van der Waals surface area contributed by atoms with Crippen LogP contribution in [0, 0.1) is 17.6 Å². The van der Waals surface area contributed by atoms with Gasteiger partial charge in [0.1, 0.15) is 17.3 Å². The highest BCUT2D eigenvalue weighted by atomic mass is 19.1. The Kier molecular flexibility index (Phi) is 5.33. The number of imidazole rings is 1. The quantitative estimate of drug-likeness (QED) is 0.678. The lowest BCUT2D eigenvalue weighted by atomic mass is 9.92. The number of piperidine rings is 1. The van der Waals surface area contributed by atoms with Gasteiger partial charge in [-0.2, -0.15) is 0 Å². The van der Waals surface area contributed by atoms with Crippen LogP contribution in [-0.4, -0.2) is 43.4 Å². The maximum absolute atomic E-state index is 13.4. The zero-order valence-corrected chi connectivity index (χ0v) is 16.1. The number of carbonyl (C=O) groups is 1. The highest BCUT2D eigenvalue weighted by molar-refractivity contribution is 5.94. The third kappa shape index (κ3) is 4.31. The second-order valence-electron chi connectivity index (χ2n) is 7.38. The summed E-state index contributed by atoms with van der Waals surface area (Å²) in [6, 6.07) is 2.93. The van der Waals surface area contributed by atoms with Crippen LogP contribution in [-0.2, 0) is 13.5 Å². The lowest BCUT2D eigenvalue weighted by Crippen LogP contribution is -2.39. The molecule has 3 aromatic rings. The highest BCUT2D eigenvalue weighted by Crippen LogP contribution is 2.24.